The Hall–Kier alpha value is -3.85. The maximum Gasteiger partial charge on any atom is 0.348 e. The lowest BCUT2D eigenvalue weighted by Gasteiger charge is -2.31. The van der Waals surface area contributed by atoms with Gasteiger partial charge in [0.1, 0.15) is 28.0 Å². The van der Waals surface area contributed by atoms with Crippen molar-refractivity contribution in [2.45, 2.75) is 57.4 Å². The van der Waals surface area contributed by atoms with Crippen molar-refractivity contribution in [2.24, 2.45) is 0 Å². The topological polar surface area (TPSA) is 102 Å². The molecule has 2 aliphatic heterocycles. The van der Waals surface area contributed by atoms with E-state index in [0.717, 1.165) is 80.3 Å². The summed E-state index contributed by atoms with van der Waals surface area (Å²) in [5, 5.41) is 8.94. The predicted molar refractivity (Wildman–Crippen MR) is 155 cm³/mol. The zero-order valence-electron chi connectivity index (χ0n) is 23.4. The van der Waals surface area contributed by atoms with Crippen molar-refractivity contribution in [3.63, 3.8) is 0 Å². The molecule has 5 heterocycles. The summed E-state index contributed by atoms with van der Waals surface area (Å²) in [6, 6.07) is 13.9. The lowest BCUT2D eigenvalue weighted by Crippen LogP contribution is -2.34. The van der Waals surface area contributed by atoms with Crippen molar-refractivity contribution in [3.05, 3.63) is 75.8 Å². The molecule has 0 radical (unpaired) electrons. The van der Waals surface area contributed by atoms with Gasteiger partial charge in [-0.3, -0.25) is 4.90 Å². The van der Waals surface area contributed by atoms with E-state index in [0.29, 0.717) is 22.2 Å². The van der Waals surface area contributed by atoms with Gasteiger partial charge in [0, 0.05) is 29.8 Å². The largest absolute Gasteiger partial charge is 0.473 e. The van der Waals surface area contributed by atoms with Crippen LogP contribution in [0.1, 0.15) is 63.9 Å². The first-order valence-electron chi connectivity index (χ1n) is 14.2. The lowest BCUT2D eigenvalue weighted by atomic mass is 9.93. The second kappa shape index (κ2) is 12.6. The summed E-state index contributed by atoms with van der Waals surface area (Å²) in [5.74, 6) is 0.952. The van der Waals surface area contributed by atoms with E-state index < -0.39 is 5.82 Å². The number of hydrogen-bond acceptors (Lipinski definition) is 9. The summed E-state index contributed by atoms with van der Waals surface area (Å²) in [7, 11) is 1.40. The standard InChI is InChI=1S/C31H32FN5O4S/c1-39-31(38)27-15-26-30(42-27)35-28(37(26)17-23-4-3-13-40-23)18-36-11-9-21(10-12-36)25-5-2-6-29(34-25)41-19-22-8-7-20(16-33)14-24(22)32/h2,5-8,14-15,21,23H,3-4,9-13,17-19H2,1H3/t23-/m0/s1. The van der Waals surface area contributed by atoms with Crippen LogP contribution in [0.2, 0.25) is 0 Å². The van der Waals surface area contributed by atoms with Crippen molar-refractivity contribution in [3.8, 4) is 11.9 Å². The van der Waals surface area contributed by atoms with E-state index in [1.54, 1.807) is 18.2 Å². The number of carbonyl (C=O) groups excluding carboxylic acids is 1. The van der Waals surface area contributed by atoms with Crippen molar-refractivity contribution >= 4 is 27.7 Å². The molecule has 42 heavy (non-hydrogen) atoms. The van der Waals surface area contributed by atoms with Gasteiger partial charge >= 0.3 is 5.97 Å². The maximum atomic E-state index is 14.2. The Balaban J connectivity index is 1.09. The van der Waals surface area contributed by atoms with E-state index in [-0.39, 0.29) is 24.2 Å². The minimum atomic E-state index is -0.460. The summed E-state index contributed by atoms with van der Waals surface area (Å²) in [4.78, 5) is 25.6. The van der Waals surface area contributed by atoms with Gasteiger partial charge in [0.2, 0.25) is 5.88 Å². The number of rotatable bonds is 9. The second-order valence-electron chi connectivity index (χ2n) is 10.7. The van der Waals surface area contributed by atoms with Crippen LogP contribution in [0, 0.1) is 17.1 Å². The number of fused-ring (bicyclic) bond motifs is 1. The molecule has 0 bridgehead atoms. The molecule has 218 valence electrons. The second-order valence-corrected chi connectivity index (χ2v) is 11.8. The van der Waals surface area contributed by atoms with Crippen LogP contribution in [-0.4, -0.2) is 58.3 Å². The fourth-order valence-electron chi connectivity index (χ4n) is 5.69. The highest BCUT2D eigenvalue weighted by molar-refractivity contribution is 7.20. The summed E-state index contributed by atoms with van der Waals surface area (Å²) in [6.45, 7) is 4.09. The summed E-state index contributed by atoms with van der Waals surface area (Å²) in [5.41, 5.74) is 2.60. The molecule has 1 aromatic carbocycles. The first kappa shape index (κ1) is 28.3. The molecule has 3 aromatic heterocycles. The number of halogens is 1. The lowest BCUT2D eigenvalue weighted by molar-refractivity contribution is 0.0606. The predicted octanol–water partition coefficient (Wildman–Crippen LogP) is 5.43. The SMILES string of the molecule is COC(=O)c1cc2c(nc(CN3CCC(c4cccc(OCc5ccc(C#N)cc5F)n4)CC3)n2C[C@@H]2CCCO2)s1. The van der Waals surface area contributed by atoms with Crippen LogP contribution in [-0.2, 0) is 29.2 Å². The van der Waals surface area contributed by atoms with Crippen LogP contribution in [0.3, 0.4) is 0 Å². The number of nitriles is 1. The average molecular weight is 590 g/mol. The number of imidazole rings is 1. The van der Waals surface area contributed by atoms with Crippen LogP contribution in [0.15, 0.2) is 42.5 Å². The molecule has 0 N–H and O–H groups in total. The number of aromatic nitrogens is 3. The number of methoxy groups -OCH3 is 1. The fraction of sp³-hybridized carbons (Fsp3) is 0.419. The third-order valence-electron chi connectivity index (χ3n) is 8.00. The number of benzene rings is 1. The molecular formula is C31H32FN5O4S. The van der Waals surface area contributed by atoms with E-state index >= 15 is 0 Å². The van der Waals surface area contributed by atoms with Crippen molar-refractivity contribution < 1.29 is 23.4 Å². The van der Waals surface area contributed by atoms with Gasteiger partial charge in [0.05, 0.1) is 43.5 Å². The van der Waals surface area contributed by atoms with Gasteiger partial charge < -0.3 is 18.8 Å². The number of thiophene rings is 1. The molecule has 0 saturated carbocycles. The van der Waals surface area contributed by atoms with Gasteiger partial charge in [0.15, 0.2) is 0 Å². The number of esters is 1. The van der Waals surface area contributed by atoms with Gasteiger partial charge in [-0.25, -0.2) is 19.2 Å². The first-order chi connectivity index (χ1) is 20.5. The van der Waals surface area contributed by atoms with E-state index in [9.17, 15) is 9.18 Å². The molecule has 1 atom stereocenters. The highest BCUT2D eigenvalue weighted by Gasteiger charge is 2.26. The quantitative estimate of drug-likeness (QED) is 0.238. The summed E-state index contributed by atoms with van der Waals surface area (Å²) < 4.78 is 33.1. The van der Waals surface area contributed by atoms with Gasteiger partial charge in [-0.15, -0.1) is 11.3 Å². The van der Waals surface area contributed by atoms with Crippen molar-refractivity contribution in [1.29, 1.82) is 5.26 Å². The van der Waals surface area contributed by atoms with E-state index in [1.165, 1.54) is 24.5 Å². The van der Waals surface area contributed by atoms with Gasteiger partial charge in [-0.2, -0.15) is 5.26 Å². The monoisotopic (exact) mass is 589 g/mol. The molecule has 0 spiro atoms. The van der Waals surface area contributed by atoms with E-state index in [4.69, 9.17) is 29.4 Å². The van der Waals surface area contributed by atoms with Crippen LogP contribution in [0.5, 0.6) is 5.88 Å². The highest BCUT2D eigenvalue weighted by Crippen LogP contribution is 2.32. The zero-order valence-corrected chi connectivity index (χ0v) is 24.2. The Morgan fingerprint density at radius 1 is 1.19 bits per heavy atom. The number of pyridine rings is 1. The van der Waals surface area contributed by atoms with Crippen LogP contribution >= 0.6 is 11.3 Å². The third kappa shape index (κ3) is 6.16. The van der Waals surface area contributed by atoms with E-state index in [2.05, 4.69) is 9.47 Å². The molecular weight excluding hydrogens is 557 g/mol. The number of nitrogens with zero attached hydrogens (tertiary/aromatic N) is 5. The summed E-state index contributed by atoms with van der Waals surface area (Å²) in [6.07, 6.45) is 4.15. The Morgan fingerprint density at radius 3 is 2.79 bits per heavy atom. The number of likely N-dealkylation sites (tertiary alicyclic amines) is 1. The van der Waals surface area contributed by atoms with Crippen LogP contribution < -0.4 is 4.74 Å². The molecule has 2 fully saturated rings. The minimum Gasteiger partial charge on any atom is -0.473 e. The van der Waals surface area contributed by atoms with Gasteiger partial charge in [-0.1, -0.05) is 12.1 Å². The van der Waals surface area contributed by atoms with Gasteiger partial charge in [0.25, 0.3) is 0 Å². The number of piperidine rings is 1. The molecule has 9 nitrogen and oxygen atoms in total. The highest BCUT2D eigenvalue weighted by atomic mass is 32.1. The Morgan fingerprint density at radius 2 is 2.05 bits per heavy atom. The normalized spacial score (nSPS) is 17.9. The number of hydrogen-bond donors (Lipinski definition) is 0. The molecule has 0 amide bonds. The van der Waals surface area contributed by atoms with Gasteiger partial charge in [-0.05, 0) is 63.0 Å². The molecule has 2 aliphatic rings. The molecule has 2 saturated heterocycles. The zero-order chi connectivity index (χ0) is 29.1. The average Bonchev–Trinajstić information content (AvgIpc) is 3.75. The molecule has 0 aliphatic carbocycles. The van der Waals surface area contributed by atoms with E-state index in [1.807, 2.05) is 24.3 Å². The maximum absolute atomic E-state index is 14.2. The Labute approximate surface area is 247 Å². The van der Waals surface area contributed by atoms with Crippen LogP contribution in [0.25, 0.3) is 10.3 Å². The third-order valence-corrected chi connectivity index (χ3v) is 9.00. The molecule has 11 heteroatoms. The van der Waals surface area contributed by atoms with Crippen molar-refractivity contribution in [1.82, 2.24) is 19.4 Å². The Bertz CT molecular complexity index is 1620. The Kier molecular flexibility index (Phi) is 8.46. The first-order valence-corrected chi connectivity index (χ1v) is 15.0. The van der Waals surface area contributed by atoms with Crippen LogP contribution in [0.4, 0.5) is 4.39 Å². The molecule has 6 rings (SSSR count). The summed E-state index contributed by atoms with van der Waals surface area (Å²) >= 11 is 1.37. The number of carbonyl (C=O) groups is 1. The smallest absolute Gasteiger partial charge is 0.348 e. The van der Waals surface area contributed by atoms with Crippen molar-refractivity contribution in [2.75, 3.05) is 26.8 Å². The number of ether oxygens (including phenoxy) is 3. The molecule has 0 unspecified atom stereocenters. The molecule has 4 aromatic rings. The minimum absolute atomic E-state index is 0.0452. The fourth-order valence-corrected chi connectivity index (χ4v) is 6.66.